The SMILES string of the molecule is Nc1sc2c(c1C(=O)N1CCCC1)CCC2. The second-order valence-corrected chi connectivity index (χ2v) is 5.73. The largest absolute Gasteiger partial charge is 0.390 e. The average molecular weight is 236 g/mol. The van der Waals surface area contributed by atoms with Crippen LogP contribution in [0.2, 0.25) is 0 Å². The molecule has 2 heterocycles. The number of nitrogens with two attached hydrogens (primary N) is 1. The molecule has 1 amide bonds. The van der Waals surface area contributed by atoms with E-state index in [1.165, 1.54) is 16.9 Å². The van der Waals surface area contributed by atoms with Gasteiger partial charge in [-0.2, -0.15) is 0 Å². The van der Waals surface area contributed by atoms with Crippen molar-refractivity contribution in [2.45, 2.75) is 32.1 Å². The number of likely N-dealkylation sites (tertiary alicyclic amines) is 1. The maximum atomic E-state index is 12.3. The summed E-state index contributed by atoms with van der Waals surface area (Å²) in [6.07, 6.45) is 5.60. The van der Waals surface area contributed by atoms with Gasteiger partial charge in [0.1, 0.15) is 0 Å². The molecule has 2 aliphatic rings. The molecule has 0 unspecified atom stereocenters. The number of anilines is 1. The summed E-state index contributed by atoms with van der Waals surface area (Å²) in [5, 5.41) is 0.738. The van der Waals surface area contributed by atoms with Gasteiger partial charge in [0.05, 0.1) is 10.6 Å². The molecule has 0 atom stereocenters. The summed E-state index contributed by atoms with van der Waals surface area (Å²) < 4.78 is 0. The van der Waals surface area contributed by atoms with Crippen LogP contribution in [0.4, 0.5) is 5.00 Å². The van der Waals surface area contributed by atoms with Gasteiger partial charge in [0.25, 0.3) is 5.91 Å². The summed E-state index contributed by atoms with van der Waals surface area (Å²) >= 11 is 1.62. The molecule has 3 rings (SSSR count). The molecule has 1 aliphatic carbocycles. The zero-order chi connectivity index (χ0) is 11.1. The van der Waals surface area contributed by atoms with E-state index in [9.17, 15) is 4.79 Å². The van der Waals surface area contributed by atoms with Gasteiger partial charge < -0.3 is 10.6 Å². The van der Waals surface area contributed by atoms with Gasteiger partial charge in [0.2, 0.25) is 0 Å². The van der Waals surface area contributed by atoms with Crippen molar-refractivity contribution in [1.29, 1.82) is 0 Å². The van der Waals surface area contributed by atoms with Crippen LogP contribution in [0.5, 0.6) is 0 Å². The Morgan fingerprint density at radius 2 is 1.94 bits per heavy atom. The van der Waals surface area contributed by atoms with Crippen LogP contribution >= 0.6 is 11.3 Å². The summed E-state index contributed by atoms with van der Waals surface area (Å²) in [7, 11) is 0. The van der Waals surface area contributed by atoms with Crippen LogP contribution in [0.25, 0.3) is 0 Å². The number of rotatable bonds is 1. The van der Waals surface area contributed by atoms with Gasteiger partial charge in [0, 0.05) is 18.0 Å². The highest BCUT2D eigenvalue weighted by atomic mass is 32.1. The summed E-state index contributed by atoms with van der Waals surface area (Å²) in [6.45, 7) is 1.81. The Hall–Kier alpha value is -1.03. The first-order chi connectivity index (χ1) is 7.77. The third-order valence-electron chi connectivity index (χ3n) is 3.56. The van der Waals surface area contributed by atoms with E-state index in [1.807, 2.05) is 4.90 Å². The Morgan fingerprint density at radius 1 is 1.19 bits per heavy atom. The lowest BCUT2D eigenvalue weighted by molar-refractivity contribution is 0.0793. The zero-order valence-corrected chi connectivity index (χ0v) is 10.1. The van der Waals surface area contributed by atoms with E-state index < -0.39 is 0 Å². The summed E-state index contributed by atoms with van der Waals surface area (Å²) in [6, 6.07) is 0. The molecule has 1 saturated heterocycles. The quantitative estimate of drug-likeness (QED) is 0.811. The molecule has 0 saturated carbocycles. The molecule has 1 aliphatic heterocycles. The van der Waals surface area contributed by atoms with Crippen molar-refractivity contribution in [2.75, 3.05) is 18.8 Å². The van der Waals surface area contributed by atoms with Crippen LogP contribution in [0.1, 0.15) is 40.1 Å². The van der Waals surface area contributed by atoms with E-state index in [4.69, 9.17) is 5.73 Å². The summed E-state index contributed by atoms with van der Waals surface area (Å²) in [4.78, 5) is 15.6. The van der Waals surface area contributed by atoms with Crippen molar-refractivity contribution in [2.24, 2.45) is 0 Å². The van der Waals surface area contributed by atoms with Gasteiger partial charge in [-0.05, 0) is 37.7 Å². The lowest BCUT2D eigenvalue weighted by atomic mass is 10.1. The molecule has 0 radical (unpaired) electrons. The van der Waals surface area contributed by atoms with Crippen LogP contribution < -0.4 is 5.73 Å². The molecule has 86 valence electrons. The molecule has 0 aromatic carbocycles. The number of hydrogen-bond donors (Lipinski definition) is 1. The van der Waals surface area contributed by atoms with Crippen LogP contribution in [0.3, 0.4) is 0 Å². The molecule has 2 N–H and O–H groups in total. The highest BCUT2D eigenvalue weighted by Crippen LogP contribution is 2.38. The standard InChI is InChI=1S/C12H16N2OS/c13-11-10(8-4-3-5-9(8)16-11)12(15)14-6-1-2-7-14/h1-7,13H2. The van der Waals surface area contributed by atoms with Gasteiger partial charge >= 0.3 is 0 Å². The third-order valence-corrected chi connectivity index (χ3v) is 4.68. The van der Waals surface area contributed by atoms with Gasteiger partial charge in [-0.15, -0.1) is 11.3 Å². The molecule has 3 nitrogen and oxygen atoms in total. The summed E-state index contributed by atoms with van der Waals surface area (Å²) in [5.41, 5.74) is 8.07. The van der Waals surface area contributed by atoms with Gasteiger partial charge in [0.15, 0.2) is 0 Å². The fourth-order valence-corrected chi connectivity index (χ4v) is 3.89. The van der Waals surface area contributed by atoms with Crippen molar-refractivity contribution < 1.29 is 4.79 Å². The molecule has 16 heavy (non-hydrogen) atoms. The van der Waals surface area contributed by atoms with Crippen molar-refractivity contribution in [3.8, 4) is 0 Å². The number of amides is 1. The third kappa shape index (κ3) is 1.44. The number of thiophene rings is 1. The molecule has 0 bridgehead atoms. The molecule has 4 heteroatoms. The van der Waals surface area contributed by atoms with E-state index in [0.717, 1.165) is 49.3 Å². The maximum absolute atomic E-state index is 12.3. The predicted octanol–water partition coefficient (Wildman–Crippen LogP) is 2.06. The van der Waals surface area contributed by atoms with E-state index in [2.05, 4.69) is 0 Å². The minimum absolute atomic E-state index is 0.175. The highest BCUT2D eigenvalue weighted by molar-refractivity contribution is 7.16. The van der Waals surface area contributed by atoms with Crippen LogP contribution in [0.15, 0.2) is 0 Å². The average Bonchev–Trinajstić information content (AvgIpc) is 2.89. The topological polar surface area (TPSA) is 46.3 Å². The minimum Gasteiger partial charge on any atom is -0.390 e. The second-order valence-electron chi connectivity index (χ2n) is 4.60. The Labute approximate surface area is 99.2 Å². The Balaban J connectivity index is 1.96. The Bertz CT molecular complexity index is 432. The fourth-order valence-electron chi connectivity index (χ4n) is 2.74. The van der Waals surface area contributed by atoms with E-state index in [-0.39, 0.29) is 5.91 Å². The van der Waals surface area contributed by atoms with E-state index in [1.54, 1.807) is 11.3 Å². The van der Waals surface area contributed by atoms with Crippen molar-refractivity contribution >= 4 is 22.2 Å². The highest BCUT2D eigenvalue weighted by Gasteiger charge is 2.29. The summed E-state index contributed by atoms with van der Waals surface area (Å²) in [5.74, 6) is 0.175. The van der Waals surface area contributed by atoms with E-state index in [0.29, 0.717) is 0 Å². The van der Waals surface area contributed by atoms with Crippen molar-refractivity contribution in [1.82, 2.24) is 4.90 Å². The van der Waals surface area contributed by atoms with Gasteiger partial charge in [-0.1, -0.05) is 0 Å². The first-order valence-electron chi connectivity index (χ1n) is 5.96. The van der Waals surface area contributed by atoms with Crippen LogP contribution in [-0.4, -0.2) is 23.9 Å². The maximum Gasteiger partial charge on any atom is 0.257 e. The minimum atomic E-state index is 0.175. The fraction of sp³-hybridized carbons (Fsp3) is 0.583. The monoisotopic (exact) mass is 236 g/mol. The van der Waals surface area contributed by atoms with Crippen molar-refractivity contribution in [3.63, 3.8) is 0 Å². The number of nitrogens with zero attached hydrogens (tertiary/aromatic N) is 1. The number of hydrogen-bond acceptors (Lipinski definition) is 3. The Kier molecular flexibility index (Phi) is 2.39. The molecule has 1 fully saturated rings. The lowest BCUT2D eigenvalue weighted by Crippen LogP contribution is -2.28. The first-order valence-corrected chi connectivity index (χ1v) is 6.78. The second kappa shape index (κ2) is 3.77. The number of fused-ring (bicyclic) bond motifs is 1. The molecule has 0 spiro atoms. The number of carbonyl (C=O) groups is 1. The lowest BCUT2D eigenvalue weighted by Gasteiger charge is -2.15. The van der Waals surface area contributed by atoms with Crippen molar-refractivity contribution in [3.05, 3.63) is 16.0 Å². The molecular formula is C12H16N2OS. The van der Waals surface area contributed by atoms with Gasteiger partial charge in [-0.25, -0.2) is 0 Å². The van der Waals surface area contributed by atoms with Crippen LogP contribution in [0, 0.1) is 0 Å². The predicted molar refractivity (Wildman–Crippen MR) is 65.9 cm³/mol. The number of aryl methyl sites for hydroxylation is 1. The Morgan fingerprint density at radius 3 is 2.69 bits per heavy atom. The first kappa shape index (κ1) is 10.1. The number of nitrogen functional groups attached to an aromatic ring is 1. The smallest absolute Gasteiger partial charge is 0.257 e. The van der Waals surface area contributed by atoms with Gasteiger partial charge in [-0.3, -0.25) is 4.79 Å². The molecule has 1 aromatic heterocycles. The number of carbonyl (C=O) groups excluding carboxylic acids is 1. The normalized spacial score (nSPS) is 19.1. The van der Waals surface area contributed by atoms with E-state index >= 15 is 0 Å². The molecular weight excluding hydrogens is 220 g/mol. The molecule has 1 aromatic rings. The zero-order valence-electron chi connectivity index (χ0n) is 9.29. The van der Waals surface area contributed by atoms with Crippen LogP contribution in [-0.2, 0) is 12.8 Å².